The van der Waals surface area contributed by atoms with E-state index in [0.717, 1.165) is 36.8 Å². The van der Waals surface area contributed by atoms with Gasteiger partial charge in [-0.3, -0.25) is 14.5 Å². The van der Waals surface area contributed by atoms with E-state index in [9.17, 15) is 9.59 Å². The Bertz CT molecular complexity index is 359. The number of nitrogens with zero attached hydrogens (tertiary/aromatic N) is 1. The molecule has 1 aliphatic heterocycles. The first-order valence-corrected chi connectivity index (χ1v) is 5.27. The minimum absolute atomic E-state index is 0.107. The van der Waals surface area contributed by atoms with Crippen LogP contribution >= 0.6 is 0 Å². The van der Waals surface area contributed by atoms with Gasteiger partial charge in [0.25, 0.3) is 11.8 Å². The number of hydrogen-bond acceptors (Lipinski definition) is 2. The van der Waals surface area contributed by atoms with E-state index in [1.165, 1.54) is 4.90 Å². The molecule has 0 bridgehead atoms. The molecule has 0 spiro atoms. The summed E-state index contributed by atoms with van der Waals surface area (Å²) in [6, 6.07) is 0. The molecule has 0 aromatic rings. The van der Waals surface area contributed by atoms with Gasteiger partial charge in [0, 0.05) is 24.1 Å². The second-order valence-corrected chi connectivity index (χ2v) is 3.88. The highest BCUT2D eigenvalue weighted by atomic mass is 16.2. The van der Waals surface area contributed by atoms with E-state index in [4.69, 9.17) is 6.42 Å². The van der Waals surface area contributed by atoms with Gasteiger partial charge in [-0.2, -0.15) is 0 Å². The molecule has 2 aliphatic rings. The molecule has 0 saturated heterocycles. The Morgan fingerprint density at radius 1 is 1.13 bits per heavy atom. The lowest BCUT2D eigenvalue weighted by Gasteiger charge is -2.12. The molecule has 2 rings (SSSR count). The second-order valence-electron chi connectivity index (χ2n) is 3.88. The lowest BCUT2D eigenvalue weighted by atomic mass is 9.93. The Labute approximate surface area is 89.1 Å². The molecule has 0 aromatic heterocycles. The van der Waals surface area contributed by atoms with Crippen molar-refractivity contribution in [1.82, 2.24) is 4.90 Å². The summed E-state index contributed by atoms with van der Waals surface area (Å²) < 4.78 is 0. The zero-order valence-electron chi connectivity index (χ0n) is 8.58. The Balaban J connectivity index is 2.19. The summed E-state index contributed by atoms with van der Waals surface area (Å²) in [5.74, 6) is 2.24. The van der Waals surface area contributed by atoms with E-state index < -0.39 is 0 Å². The number of rotatable bonds is 2. The topological polar surface area (TPSA) is 37.4 Å². The molecule has 0 N–H and O–H groups in total. The summed E-state index contributed by atoms with van der Waals surface area (Å²) in [4.78, 5) is 25.0. The first-order chi connectivity index (χ1) is 7.25. The molecule has 0 aromatic carbocycles. The van der Waals surface area contributed by atoms with Gasteiger partial charge in [-0.25, -0.2) is 0 Å². The van der Waals surface area contributed by atoms with E-state index in [0.29, 0.717) is 13.0 Å². The van der Waals surface area contributed by atoms with Crippen LogP contribution in [0.5, 0.6) is 0 Å². The van der Waals surface area contributed by atoms with Gasteiger partial charge in [0.15, 0.2) is 0 Å². The van der Waals surface area contributed by atoms with E-state index in [1.807, 2.05) is 0 Å². The molecule has 0 unspecified atom stereocenters. The van der Waals surface area contributed by atoms with Crippen LogP contribution in [0.4, 0.5) is 0 Å². The van der Waals surface area contributed by atoms with Crippen LogP contribution in [0.3, 0.4) is 0 Å². The molecule has 1 heterocycles. The van der Waals surface area contributed by atoms with Crippen molar-refractivity contribution in [3.8, 4) is 12.3 Å². The smallest absolute Gasteiger partial charge is 0.257 e. The van der Waals surface area contributed by atoms with Gasteiger partial charge >= 0.3 is 0 Å². The first-order valence-electron chi connectivity index (χ1n) is 5.27. The zero-order chi connectivity index (χ0) is 10.8. The third-order valence-electron chi connectivity index (χ3n) is 2.95. The van der Waals surface area contributed by atoms with E-state index >= 15 is 0 Å². The van der Waals surface area contributed by atoms with Gasteiger partial charge in [-0.1, -0.05) is 0 Å². The Kier molecular flexibility index (Phi) is 2.59. The van der Waals surface area contributed by atoms with Crippen LogP contribution in [0, 0.1) is 12.3 Å². The van der Waals surface area contributed by atoms with Crippen LogP contribution in [0.1, 0.15) is 32.1 Å². The SMILES string of the molecule is C#CCCN1C(=O)C2=C(CCCC2)C1=O. The van der Waals surface area contributed by atoms with E-state index in [-0.39, 0.29) is 11.8 Å². The normalized spacial score (nSPS) is 20.6. The fourth-order valence-electron chi connectivity index (χ4n) is 2.17. The number of carbonyl (C=O) groups excluding carboxylic acids is 2. The van der Waals surface area contributed by atoms with Gasteiger partial charge in [-0.05, 0) is 25.7 Å². The van der Waals surface area contributed by atoms with Crippen LogP contribution in [0.25, 0.3) is 0 Å². The molecular weight excluding hydrogens is 190 g/mol. The molecule has 0 saturated carbocycles. The summed E-state index contributed by atoms with van der Waals surface area (Å²) in [6.07, 6.45) is 9.12. The number of hydrogen-bond donors (Lipinski definition) is 0. The molecule has 0 fully saturated rings. The maximum Gasteiger partial charge on any atom is 0.257 e. The predicted octanol–water partition coefficient (Wildman–Crippen LogP) is 1.25. The van der Waals surface area contributed by atoms with E-state index in [2.05, 4.69) is 5.92 Å². The van der Waals surface area contributed by atoms with Crippen LogP contribution in [0.2, 0.25) is 0 Å². The molecule has 0 radical (unpaired) electrons. The van der Waals surface area contributed by atoms with Gasteiger partial charge in [0.05, 0.1) is 0 Å². The van der Waals surface area contributed by atoms with Gasteiger partial charge in [0.2, 0.25) is 0 Å². The van der Waals surface area contributed by atoms with Crippen molar-refractivity contribution in [3.63, 3.8) is 0 Å². The second kappa shape index (κ2) is 3.90. The summed E-state index contributed by atoms with van der Waals surface area (Å²) in [7, 11) is 0. The maximum atomic E-state index is 11.8. The highest BCUT2D eigenvalue weighted by Gasteiger charge is 2.37. The van der Waals surface area contributed by atoms with Crippen LogP contribution in [-0.2, 0) is 9.59 Å². The highest BCUT2D eigenvalue weighted by Crippen LogP contribution is 2.32. The third-order valence-corrected chi connectivity index (χ3v) is 2.95. The molecule has 2 amide bonds. The Morgan fingerprint density at radius 3 is 2.13 bits per heavy atom. The Morgan fingerprint density at radius 2 is 1.67 bits per heavy atom. The molecule has 3 heteroatoms. The summed E-state index contributed by atoms with van der Waals surface area (Å²) in [5, 5.41) is 0. The van der Waals surface area contributed by atoms with Crippen molar-refractivity contribution in [1.29, 1.82) is 0 Å². The minimum Gasteiger partial charge on any atom is -0.274 e. The van der Waals surface area contributed by atoms with Crippen molar-refractivity contribution in [3.05, 3.63) is 11.1 Å². The van der Waals surface area contributed by atoms with Crippen LogP contribution in [0.15, 0.2) is 11.1 Å². The molecular formula is C12H13NO2. The van der Waals surface area contributed by atoms with Gasteiger partial charge in [0.1, 0.15) is 0 Å². The number of terminal acetylenes is 1. The van der Waals surface area contributed by atoms with Crippen LogP contribution < -0.4 is 0 Å². The van der Waals surface area contributed by atoms with Crippen molar-refractivity contribution in [2.24, 2.45) is 0 Å². The molecule has 3 nitrogen and oxygen atoms in total. The maximum absolute atomic E-state index is 11.8. The quantitative estimate of drug-likeness (QED) is 0.500. The molecule has 78 valence electrons. The van der Waals surface area contributed by atoms with Crippen molar-refractivity contribution in [2.45, 2.75) is 32.1 Å². The first kappa shape index (κ1) is 9.97. The molecule has 15 heavy (non-hydrogen) atoms. The zero-order valence-corrected chi connectivity index (χ0v) is 8.58. The lowest BCUT2D eigenvalue weighted by molar-refractivity contribution is -0.137. The van der Waals surface area contributed by atoms with Gasteiger partial charge in [-0.15, -0.1) is 12.3 Å². The monoisotopic (exact) mass is 203 g/mol. The standard InChI is InChI=1S/C12H13NO2/c1-2-3-8-13-11(14)9-6-4-5-7-10(9)12(13)15/h1H,3-8H2. The van der Waals surface area contributed by atoms with Crippen molar-refractivity contribution < 1.29 is 9.59 Å². The number of imide groups is 1. The summed E-state index contributed by atoms with van der Waals surface area (Å²) >= 11 is 0. The van der Waals surface area contributed by atoms with Gasteiger partial charge < -0.3 is 0 Å². The number of carbonyl (C=O) groups is 2. The molecule has 1 aliphatic carbocycles. The average molecular weight is 203 g/mol. The third kappa shape index (κ3) is 1.56. The molecule has 0 atom stereocenters. The Hall–Kier alpha value is -1.56. The summed E-state index contributed by atoms with van der Waals surface area (Å²) in [5.41, 5.74) is 1.48. The minimum atomic E-state index is -0.107. The average Bonchev–Trinajstić information content (AvgIpc) is 2.51. The van der Waals surface area contributed by atoms with Crippen LogP contribution in [-0.4, -0.2) is 23.3 Å². The van der Waals surface area contributed by atoms with Crippen molar-refractivity contribution >= 4 is 11.8 Å². The fraction of sp³-hybridized carbons (Fsp3) is 0.500. The van der Waals surface area contributed by atoms with Crippen molar-refractivity contribution in [2.75, 3.05) is 6.54 Å². The summed E-state index contributed by atoms with van der Waals surface area (Å²) in [6.45, 7) is 0.362. The fourth-order valence-corrected chi connectivity index (χ4v) is 2.17. The number of amides is 2. The predicted molar refractivity (Wildman–Crippen MR) is 55.7 cm³/mol. The highest BCUT2D eigenvalue weighted by molar-refractivity contribution is 6.19. The largest absolute Gasteiger partial charge is 0.274 e. The van der Waals surface area contributed by atoms with E-state index in [1.54, 1.807) is 0 Å². The lowest BCUT2D eigenvalue weighted by Crippen LogP contribution is -2.32.